The topological polar surface area (TPSA) is 0 Å². The van der Waals surface area contributed by atoms with Crippen LogP contribution in [0.2, 0.25) is 0 Å². The van der Waals surface area contributed by atoms with Gasteiger partial charge in [0, 0.05) is 0 Å². The maximum atomic E-state index is 1.64. The second-order valence-electron chi connectivity index (χ2n) is 8.27. The Balaban J connectivity index is 1.53. The SMILES string of the molecule is C1CCC(C2CCCC3CC4CCCCC4C32)CC1. The van der Waals surface area contributed by atoms with Gasteiger partial charge in [-0.25, -0.2) is 0 Å². The molecule has 4 aliphatic carbocycles. The van der Waals surface area contributed by atoms with Crippen LogP contribution >= 0.6 is 0 Å². The van der Waals surface area contributed by atoms with E-state index in [0.29, 0.717) is 0 Å². The number of rotatable bonds is 1. The fraction of sp³-hybridized carbons (Fsp3) is 1.00. The summed E-state index contributed by atoms with van der Waals surface area (Å²) in [5.41, 5.74) is 0. The first-order chi connectivity index (χ1) is 9.43. The van der Waals surface area contributed by atoms with Crippen molar-refractivity contribution < 1.29 is 0 Å². The summed E-state index contributed by atoms with van der Waals surface area (Å²) in [6, 6.07) is 0. The zero-order chi connectivity index (χ0) is 12.7. The van der Waals surface area contributed by atoms with Crippen LogP contribution in [0.4, 0.5) is 0 Å². The van der Waals surface area contributed by atoms with Crippen LogP contribution < -0.4 is 0 Å². The number of hydrogen-bond acceptors (Lipinski definition) is 0. The highest BCUT2D eigenvalue weighted by Crippen LogP contribution is 2.58. The molecule has 19 heavy (non-hydrogen) atoms. The molecule has 0 saturated heterocycles. The first-order valence-electron chi connectivity index (χ1n) is 9.43. The lowest BCUT2D eigenvalue weighted by Crippen LogP contribution is -2.35. The second-order valence-corrected chi connectivity index (χ2v) is 8.27. The summed E-state index contributed by atoms with van der Waals surface area (Å²) in [7, 11) is 0. The number of hydrogen-bond donors (Lipinski definition) is 0. The van der Waals surface area contributed by atoms with E-state index in [9.17, 15) is 0 Å². The lowest BCUT2D eigenvalue weighted by atomic mass is 9.61. The van der Waals surface area contributed by atoms with Crippen molar-refractivity contribution in [2.24, 2.45) is 35.5 Å². The molecule has 0 spiro atoms. The van der Waals surface area contributed by atoms with Crippen LogP contribution in [0, 0.1) is 35.5 Å². The third-order valence-electron chi connectivity index (χ3n) is 7.47. The molecule has 4 aliphatic rings. The van der Waals surface area contributed by atoms with Crippen molar-refractivity contribution >= 4 is 0 Å². The van der Waals surface area contributed by atoms with Gasteiger partial charge in [-0.2, -0.15) is 0 Å². The highest BCUT2D eigenvalue weighted by molar-refractivity contribution is 4.99. The van der Waals surface area contributed by atoms with Gasteiger partial charge in [0.05, 0.1) is 0 Å². The molecule has 0 aromatic carbocycles. The van der Waals surface area contributed by atoms with Crippen LogP contribution in [0.1, 0.15) is 83.5 Å². The van der Waals surface area contributed by atoms with E-state index >= 15 is 0 Å². The van der Waals surface area contributed by atoms with Crippen molar-refractivity contribution in [1.82, 2.24) is 0 Å². The fourth-order valence-electron chi connectivity index (χ4n) is 6.83. The van der Waals surface area contributed by atoms with E-state index in [4.69, 9.17) is 0 Å². The van der Waals surface area contributed by atoms with Crippen molar-refractivity contribution in [2.75, 3.05) is 0 Å². The molecule has 5 atom stereocenters. The molecule has 0 bridgehead atoms. The van der Waals surface area contributed by atoms with E-state index in [1.807, 2.05) is 0 Å². The van der Waals surface area contributed by atoms with Crippen LogP contribution in [0.3, 0.4) is 0 Å². The quantitative estimate of drug-likeness (QED) is 0.558. The van der Waals surface area contributed by atoms with Crippen LogP contribution in [-0.4, -0.2) is 0 Å². The van der Waals surface area contributed by atoms with E-state index < -0.39 is 0 Å². The van der Waals surface area contributed by atoms with Crippen LogP contribution in [0.25, 0.3) is 0 Å². The highest BCUT2D eigenvalue weighted by atomic mass is 14.5. The van der Waals surface area contributed by atoms with Gasteiger partial charge in [-0.05, 0) is 54.8 Å². The first-order valence-corrected chi connectivity index (χ1v) is 9.43. The average molecular weight is 260 g/mol. The standard InChI is InChI=1S/C19H32/c1-2-7-14(8-3-1)17-12-6-10-16-13-15-9-4-5-11-18(15)19(16)17/h14-19H,1-13H2. The summed E-state index contributed by atoms with van der Waals surface area (Å²) in [6.07, 6.45) is 20.5. The Morgan fingerprint density at radius 2 is 1.00 bits per heavy atom. The van der Waals surface area contributed by atoms with Crippen molar-refractivity contribution in [3.05, 3.63) is 0 Å². The third-order valence-corrected chi connectivity index (χ3v) is 7.47. The monoisotopic (exact) mass is 260 g/mol. The maximum Gasteiger partial charge on any atom is -0.0324 e. The third kappa shape index (κ3) is 2.28. The molecule has 4 saturated carbocycles. The van der Waals surface area contributed by atoms with Crippen LogP contribution in [0.5, 0.6) is 0 Å². The van der Waals surface area contributed by atoms with E-state index in [1.165, 1.54) is 18.3 Å². The lowest BCUT2D eigenvalue weighted by Gasteiger charge is -2.44. The molecule has 4 fully saturated rings. The summed E-state index contributed by atoms with van der Waals surface area (Å²) >= 11 is 0. The Hall–Kier alpha value is 0. The van der Waals surface area contributed by atoms with Crippen molar-refractivity contribution in [1.29, 1.82) is 0 Å². The average Bonchev–Trinajstić information content (AvgIpc) is 2.86. The van der Waals surface area contributed by atoms with Gasteiger partial charge in [0.2, 0.25) is 0 Å². The smallest absolute Gasteiger partial charge is 0.0324 e. The number of fused-ring (bicyclic) bond motifs is 3. The van der Waals surface area contributed by atoms with Gasteiger partial charge < -0.3 is 0 Å². The molecule has 0 nitrogen and oxygen atoms in total. The van der Waals surface area contributed by atoms with Crippen molar-refractivity contribution in [3.63, 3.8) is 0 Å². The molecule has 0 N–H and O–H groups in total. The minimum atomic E-state index is 1.14. The second kappa shape index (κ2) is 5.41. The van der Waals surface area contributed by atoms with Crippen LogP contribution in [0.15, 0.2) is 0 Å². The van der Waals surface area contributed by atoms with E-state index in [1.54, 1.807) is 77.0 Å². The molecule has 0 amide bonds. The fourth-order valence-corrected chi connectivity index (χ4v) is 6.83. The molecule has 0 aromatic heterocycles. The molecular formula is C19H32. The first kappa shape index (κ1) is 12.7. The molecule has 108 valence electrons. The Morgan fingerprint density at radius 3 is 1.89 bits per heavy atom. The lowest BCUT2D eigenvalue weighted by molar-refractivity contribution is 0.0582. The summed E-state index contributed by atoms with van der Waals surface area (Å²) < 4.78 is 0. The minimum absolute atomic E-state index is 1.14. The predicted octanol–water partition coefficient (Wildman–Crippen LogP) is 5.81. The molecule has 4 rings (SSSR count). The summed E-state index contributed by atoms with van der Waals surface area (Å²) in [5.74, 6) is 6.98. The highest BCUT2D eigenvalue weighted by Gasteiger charge is 2.49. The van der Waals surface area contributed by atoms with E-state index in [0.717, 1.165) is 23.7 Å². The molecule has 0 aromatic rings. The largest absolute Gasteiger partial charge is 0.0533 e. The van der Waals surface area contributed by atoms with Gasteiger partial charge in [-0.3, -0.25) is 0 Å². The van der Waals surface area contributed by atoms with Crippen molar-refractivity contribution in [2.45, 2.75) is 83.5 Å². The molecule has 0 aliphatic heterocycles. The Morgan fingerprint density at radius 1 is 0.421 bits per heavy atom. The van der Waals surface area contributed by atoms with E-state index in [2.05, 4.69) is 0 Å². The molecule has 0 heterocycles. The summed E-state index contributed by atoms with van der Waals surface area (Å²) in [6.45, 7) is 0. The normalized spacial score (nSPS) is 47.7. The van der Waals surface area contributed by atoms with Gasteiger partial charge in [0.15, 0.2) is 0 Å². The van der Waals surface area contributed by atoms with Gasteiger partial charge >= 0.3 is 0 Å². The minimum Gasteiger partial charge on any atom is -0.0533 e. The Labute approximate surface area is 119 Å². The zero-order valence-electron chi connectivity index (χ0n) is 12.7. The van der Waals surface area contributed by atoms with Crippen molar-refractivity contribution in [3.8, 4) is 0 Å². The zero-order valence-corrected chi connectivity index (χ0v) is 12.7. The Kier molecular flexibility index (Phi) is 3.62. The van der Waals surface area contributed by atoms with Gasteiger partial charge in [0.25, 0.3) is 0 Å². The molecular weight excluding hydrogens is 228 g/mol. The molecule has 0 heteroatoms. The molecule has 5 unspecified atom stereocenters. The maximum absolute atomic E-state index is 1.64. The summed E-state index contributed by atoms with van der Waals surface area (Å²) in [4.78, 5) is 0. The Bertz CT molecular complexity index is 301. The van der Waals surface area contributed by atoms with E-state index in [-0.39, 0.29) is 0 Å². The van der Waals surface area contributed by atoms with Gasteiger partial charge in [-0.15, -0.1) is 0 Å². The van der Waals surface area contributed by atoms with Gasteiger partial charge in [-0.1, -0.05) is 64.2 Å². The summed E-state index contributed by atoms with van der Waals surface area (Å²) in [5, 5.41) is 0. The van der Waals surface area contributed by atoms with Gasteiger partial charge in [0.1, 0.15) is 0 Å². The van der Waals surface area contributed by atoms with Crippen LogP contribution in [-0.2, 0) is 0 Å². The predicted molar refractivity (Wildman–Crippen MR) is 81.0 cm³/mol. The molecule has 0 radical (unpaired) electrons.